The molecule has 0 saturated carbocycles. The highest BCUT2D eigenvalue weighted by atomic mass is 35.5. The van der Waals surface area contributed by atoms with E-state index in [0.717, 1.165) is 29.4 Å². The summed E-state index contributed by atoms with van der Waals surface area (Å²) in [4.78, 5) is 2.39. The maximum atomic E-state index is 6.04. The Kier molecular flexibility index (Phi) is 4.72. The molecule has 1 aromatic carbocycles. The molecule has 1 atom stereocenters. The molecule has 4 heteroatoms. The van der Waals surface area contributed by atoms with Crippen molar-refractivity contribution in [2.24, 2.45) is 0 Å². The van der Waals surface area contributed by atoms with E-state index in [9.17, 15) is 0 Å². The zero-order valence-electron chi connectivity index (χ0n) is 11.1. The maximum absolute atomic E-state index is 6.04. The molecular formula is C14H21ClN2O. The number of methoxy groups -OCH3 is 1. The van der Waals surface area contributed by atoms with Gasteiger partial charge in [-0.1, -0.05) is 11.6 Å². The summed E-state index contributed by atoms with van der Waals surface area (Å²) in [5, 5.41) is 4.31. The van der Waals surface area contributed by atoms with Gasteiger partial charge in [0.1, 0.15) is 5.75 Å². The number of nitrogens with zero attached hydrogens (tertiary/aromatic N) is 1. The zero-order valence-corrected chi connectivity index (χ0v) is 11.8. The third kappa shape index (κ3) is 3.53. The second kappa shape index (κ2) is 6.30. The van der Waals surface area contributed by atoms with E-state index in [-0.39, 0.29) is 0 Å². The molecule has 0 radical (unpaired) electrons. The van der Waals surface area contributed by atoms with Crippen LogP contribution in [0.4, 0.5) is 5.69 Å². The van der Waals surface area contributed by atoms with Crippen LogP contribution < -0.4 is 10.1 Å². The van der Waals surface area contributed by atoms with Crippen molar-refractivity contribution >= 4 is 17.3 Å². The molecule has 2 rings (SSSR count). The molecule has 1 aliphatic heterocycles. The summed E-state index contributed by atoms with van der Waals surface area (Å²) < 4.78 is 5.36. The first-order chi connectivity index (χ1) is 8.69. The summed E-state index contributed by atoms with van der Waals surface area (Å²) in [5.41, 5.74) is 1.000. The van der Waals surface area contributed by atoms with E-state index in [1.165, 1.54) is 19.4 Å². The molecule has 0 spiro atoms. The monoisotopic (exact) mass is 268 g/mol. The fourth-order valence-corrected chi connectivity index (χ4v) is 2.57. The van der Waals surface area contributed by atoms with Crippen LogP contribution in [0.1, 0.15) is 19.3 Å². The number of halogens is 1. The van der Waals surface area contributed by atoms with Crippen molar-refractivity contribution in [3.8, 4) is 5.75 Å². The van der Waals surface area contributed by atoms with Crippen LogP contribution in [0.15, 0.2) is 18.2 Å². The largest absolute Gasteiger partial charge is 0.495 e. The van der Waals surface area contributed by atoms with Crippen LogP contribution >= 0.6 is 11.6 Å². The maximum Gasteiger partial charge on any atom is 0.142 e. The first kappa shape index (κ1) is 13.5. The van der Waals surface area contributed by atoms with E-state index in [4.69, 9.17) is 16.3 Å². The van der Waals surface area contributed by atoms with Gasteiger partial charge in [0.15, 0.2) is 0 Å². The summed E-state index contributed by atoms with van der Waals surface area (Å²) in [5.74, 6) is 0.858. The van der Waals surface area contributed by atoms with Gasteiger partial charge in [0.2, 0.25) is 0 Å². The Morgan fingerprint density at radius 2 is 2.17 bits per heavy atom. The van der Waals surface area contributed by atoms with E-state index < -0.39 is 0 Å². The van der Waals surface area contributed by atoms with Crippen molar-refractivity contribution < 1.29 is 4.74 Å². The lowest BCUT2D eigenvalue weighted by atomic mass is 10.1. The van der Waals surface area contributed by atoms with E-state index in [1.54, 1.807) is 7.11 Å². The lowest BCUT2D eigenvalue weighted by Crippen LogP contribution is -2.23. The van der Waals surface area contributed by atoms with Crippen LogP contribution in [-0.2, 0) is 0 Å². The van der Waals surface area contributed by atoms with Gasteiger partial charge >= 0.3 is 0 Å². The number of rotatable bonds is 3. The number of benzene rings is 1. The van der Waals surface area contributed by atoms with Crippen LogP contribution in [0, 0.1) is 0 Å². The molecule has 18 heavy (non-hydrogen) atoms. The average Bonchev–Trinajstić information content (AvgIpc) is 2.55. The molecule has 3 nitrogen and oxygen atoms in total. The number of anilines is 1. The van der Waals surface area contributed by atoms with Gasteiger partial charge in [-0.2, -0.15) is 0 Å². The molecule has 0 amide bonds. The van der Waals surface area contributed by atoms with Gasteiger partial charge in [0.05, 0.1) is 12.8 Å². The van der Waals surface area contributed by atoms with E-state index >= 15 is 0 Å². The highest BCUT2D eigenvalue weighted by Crippen LogP contribution is 2.29. The molecule has 0 aromatic heterocycles. The molecule has 1 aliphatic rings. The molecule has 1 heterocycles. The van der Waals surface area contributed by atoms with E-state index in [1.807, 2.05) is 18.2 Å². The van der Waals surface area contributed by atoms with Gasteiger partial charge in [-0.15, -0.1) is 0 Å². The van der Waals surface area contributed by atoms with Gasteiger partial charge in [-0.05, 0) is 57.6 Å². The van der Waals surface area contributed by atoms with E-state index in [2.05, 4.69) is 17.3 Å². The molecule has 0 bridgehead atoms. The molecular weight excluding hydrogens is 248 g/mol. The second-order valence-corrected chi connectivity index (χ2v) is 5.36. The van der Waals surface area contributed by atoms with Crippen molar-refractivity contribution in [3.05, 3.63) is 23.2 Å². The highest BCUT2D eigenvalue weighted by molar-refractivity contribution is 6.30. The van der Waals surface area contributed by atoms with E-state index in [0.29, 0.717) is 6.04 Å². The van der Waals surface area contributed by atoms with Crippen molar-refractivity contribution in [3.63, 3.8) is 0 Å². The van der Waals surface area contributed by atoms with Crippen LogP contribution in [-0.4, -0.2) is 38.2 Å². The van der Waals surface area contributed by atoms with Gasteiger partial charge < -0.3 is 15.0 Å². The highest BCUT2D eigenvalue weighted by Gasteiger charge is 2.16. The SMILES string of the molecule is COc1ccc(Cl)cc1NC1CCCN(C)CC1. The summed E-state index contributed by atoms with van der Waals surface area (Å²) in [7, 11) is 3.87. The molecule has 1 aromatic rings. The van der Waals surface area contributed by atoms with Crippen LogP contribution in [0.5, 0.6) is 5.75 Å². The van der Waals surface area contributed by atoms with Gasteiger partial charge in [-0.3, -0.25) is 0 Å². The molecule has 1 fully saturated rings. The molecule has 1 N–H and O–H groups in total. The fourth-order valence-electron chi connectivity index (χ4n) is 2.40. The summed E-state index contributed by atoms with van der Waals surface area (Å²) in [6, 6.07) is 6.21. The van der Waals surface area contributed by atoms with Crippen molar-refractivity contribution in [1.82, 2.24) is 4.90 Å². The Morgan fingerprint density at radius 3 is 2.94 bits per heavy atom. The van der Waals surface area contributed by atoms with Crippen LogP contribution in [0.2, 0.25) is 5.02 Å². The minimum Gasteiger partial charge on any atom is -0.495 e. The number of nitrogens with one attached hydrogen (secondary N) is 1. The molecule has 1 unspecified atom stereocenters. The summed E-state index contributed by atoms with van der Waals surface area (Å²) in [6.07, 6.45) is 3.59. The third-order valence-electron chi connectivity index (χ3n) is 3.47. The molecule has 100 valence electrons. The second-order valence-electron chi connectivity index (χ2n) is 4.92. The Balaban J connectivity index is 2.05. The van der Waals surface area contributed by atoms with Crippen LogP contribution in [0.3, 0.4) is 0 Å². The minimum absolute atomic E-state index is 0.502. The van der Waals surface area contributed by atoms with Crippen molar-refractivity contribution in [1.29, 1.82) is 0 Å². The Hall–Kier alpha value is -0.930. The lowest BCUT2D eigenvalue weighted by molar-refractivity contribution is 0.348. The molecule has 0 aliphatic carbocycles. The number of ether oxygens (including phenoxy) is 1. The summed E-state index contributed by atoms with van der Waals surface area (Å²) in [6.45, 7) is 2.32. The smallest absolute Gasteiger partial charge is 0.142 e. The fraction of sp³-hybridized carbons (Fsp3) is 0.571. The first-order valence-corrected chi connectivity index (χ1v) is 6.85. The van der Waals surface area contributed by atoms with Crippen LogP contribution in [0.25, 0.3) is 0 Å². The third-order valence-corrected chi connectivity index (χ3v) is 3.71. The number of likely N-dealkylation sites (tertiary alicyclic amines) is 1. The Morgan fingerprint density at radius 1 is 1.33 bits per heavy atom. The topological polar surface area (TPSA) is 24.5 Å². The average molecular weight is 269 g/mol. The van der Waals surface area contributed by atoms with Gasteiger partial charge in [0, 0.05) is 11.1 Å². The quantitative estimate of drug-likeness (QED) is 0.911. The number of hydrogen-bond acceptors (Lipinski definition) is 3. The Bertz CT molecular complexity index is 397. The van der Waals surface area contributed by atoms with Crippen molar-refractivity contribution in [2.45, 2.75) is 25.3 Å². The van der Waals surface area contributed by atoms with Crippen molar-refractivity contribution in [2.75, 3.05) is 32.6 Å². The summed E-state index contributed by atoms with van der Waals surface area (Å²) >= 11 is 6.04. The zero-order chi connectivity index (χ0) is 13.0. The van der Waals surface area contributed by atoms with Gasteiger partial charge in [-0.25, -0.2) is 0 Å². The molecule has 1 saturated heterocycles. The lowest BCUT2D eigenvalue weighted by Gasteiger charge is -2.20. The standard InChI is InChI=1S/C14H21ClN2O/c1-17-8-3-4-12(7-9-17)16-13-10-11(15)5-6-14(13)18-2/h5-6,10,12,16H,3-4,7-9H2,1-2H3. The predicted octanol–water partition coefficient (Wildman–Crippen LogP) is 3.24. The normalized spacial score (nSPS) is 21.4. The van der Waals surface area contributed by atoms with Gasteiger partial charge in [0.25, 0.3) is 0 Å². The Labute approximate surface area is 114 Å². The first-order valence-electron chi connectivity index (χ1n) is 6.47. The predicted molar refractivity (Wildman–Crippen MR) is 76.8 cm³/mol. The minimum atomic E-state index is 0.502. The number of hydrogen-bond donors (Lipinski definition) is 1.